The van der Waals surface area contributed by atoms with Crippen LogP contribution in [0.4, 0.5) is 41.6 Å². The predicted octanol–water partition coefficient (Wildman–Crippen LogP) is 8.66. The van der Waals surface area contributed by atoms with Crippen LogP contribution in [0.2, 0.25) is 10.0 Å². The number of nitrogens with zero attached hydrogens (tertiary/aromatic N) is 2. The summed E-state index contributed by atoms with van der Waals surface area (Å²) in [6.07, 6.45) is -10.4. The molecule has 1 heterocycles. The van der Waals surface area contributed by atoms with Crippen LogP contribution in [0.1, 0.15) is 62.6 Å². The number of hydrogen-bond acceptors (Lipinski definition) is 2. The van der Waals surface area contributed by atoms with E-state index in [0.717, 1.165) is 4.90 Å². The van der Waals surface area contributed by atoms with Gasteiger partial charge in [-0.1, -0.05) is 50.0 Å². The molecule has 4 rings (SSSR count). The van der Waals surface area contributed by atoms with Crippen LogP contribution < -0.4 is 10.2 Å². The molecule has 1 unspecified atom stereocenters. The highest BCUT2D eigenvalue weighted by molar-refractivity contribution is 6.42. The lowest BCUT2D eigenvalue weighted by Gasteiger charge is -2.50. The van der Waals surface area contributed by atoms with Gasteiger partial charge in [-0.15, -0.1) is 0 Å². The number of rotatable bonds is 4. The normalized spacial score (nSPS) is 21.7. The molecule has 0 bridgehead atoms. The smallest absolute Gasteiger partial charge is 0.416 e. The van der Waals surface area contributed by atoms with Crippen LogP contribution in [0.3, 0.4) is 0 Å². The Labute approximate surface area is 248 Å². The van der Waals surface area contributed by atoms with Gasteiger partial charge in [0.15, 0.2) is 0 Å². The monoisotopic (exact) mass is 639 g/mol. The maximum Gasteiger partial charge on any atom is 0.416 e. The predicted molar refractivity (Wildman–Crippen MR) is 146 cm³/mol. The van der Waals surface area contributed by atoms with Gasteiger partial charge in [0, 0.05) is 36.3 Å². The molecule has 230 valence electrons. The van der Waals surface area contributed by atoms with Gasteiger partial charge in [0.25, 0.3) is 0 Å². The lowest BCUT2D eigenvalue weighted by Crippen LogP contribution is -2.61. The molecule has 2 fully saturated rings. The van der Waals surface area contributed by atoms with E-state index in [9.17, 15) is 41.0 Å². The van der Waals surface area contributed by atoms with E-state index in [-0.39, 0.29) is 29.1 Å². The molecule has 1 aliphatic heterocycles. The molecule has 1 aliphatic carbocycles. The van der Waals surface area contributed by atoms with E-state index in [2.05, 4.69) is 5.32 Å². The fourth-order valence-corrected chi connectivity index (χ4v) is 5.97. The summed E-state index contributed by atoms with van der Waals surface area (Å²) in [5.74, 6) is -0.679. The third-order valence-electron chi connectivity index (χ3n) is 7.54. The van der Waals surface area contributed by atoms with Crippen LogP contribution >= 0.6 is 23.2 Å². The highest BCUT2D eigenvalue weighted by atomic mass is 35.5. The Morgan fingerprint density at radius 2 is 1.48 bits per heavy atom. The van der Waals surface area contributed by atoms with Crippen molar-refractivity contribution in [1.29, 1.82) is 0 Å². The van der Waals surface area contributed by atoms with E-state index in [1.54, 1.807) is 12.1 Å². The van der Waals surface area contributed by atoms with Gasteiger partial charge in [0.1, 0.15) is 0 Å². The molecule has 1 saturated carbocycles. The lowest BCUT2D eigenvalue weighted by molar-refractivity contribution is -0.143. The molecule has 1 saturated heterocycles. The van der Waals surface area contributed by atoms with E-state index in [1.807, 2.05) is 20.8 Å². The third kappa shape index (κ3) is 6.85. The summed E-state index contributed by atoms with van der Waals surface area (Å²) in [5.41, 5.74) is -3.67. The Balaban J connectivity index is 1.77. The average molecular weight is 640 g/mol. The summed E-state index contributed by atoms with van der Waals surface area (Å²) < 4.78 is 81.5. The van der Waals surface area contributed by atoms with Crippen LogP contribution in [-0.2, 0) is 12.4 Å². The molecular weight excluding hydrogens is 611 g/mol. The molecule has 0 spiro atoms. The number of halogens is 8. The molecule has 2 aliphatic rings. The average Bonchev–Trinajstić information content (AvgIpc) is 3.68. The molecule has 42 heavy (non-hydrogen) atoms. The van der Waals surface area contributed by atoms with Crippen molar-refractivity contribution in [3.05, 3.63) is 63.1 Å². The number of amides is 3. The molecule has 3 amide bonds. The number of alkyl halides is 6. The summed E-state index contributed by atoms with van der Waals surface area (Å²) in [7, 11) is 0. The number of carboxylic acid groups (broad SMARTS) is 1. The highest BCUT2D eigenvalue weighted by Gasteiger charge is 2.48. The first-order valence-electron chi connectivity index (χ1n) is 13.1. The maximum atomic E-state index is 13.8. The molecule has 2 N–H and O–H groups in total. The molecule has 14 heteroatoms. The van der Waals surface area contributed by atoms with Gasteiger partial charge in [-0.2, -0.15) is 26.3 Å². The maximum absolute atomic E-state index is 13.8. The number of benzene rings is 2. The SMILES string of the molecule is CC(C)(C)C1[C@H](c2ccc(Cl)c(Cl)c2)[C@H](NC(=O)N(c2cc(C(F)(F)F)cc(C(F)(F)F)c2)C2CC2)CCN1C(=O)O. The van der Waals surface area contributed by atoms with E-state index < -0.39 is 70.7 Å². The zero-order chi connectivity index (χ0) is 31.4. The second-order valence-corrected chi connectivity index (χ2v) is 12.5. The van der Waals surface area contributed by atoms with Gasteiger partial charge >= 0.3 is 24.5 Å². The minimum absolute atomic E-state index is 0.0162. The van der Waals surface area contributed by atoms with Crippen molar-refractivity contribution in [3.8, 4) is 0 Å². The van der Waals surface area contributed by atoms with E-state index in [1.165, 1.54) is 11.0 Å². The van der Waals surface area contributed by atoms with Crippen LogP contribution in [0.15, 0.2) is 36.4 Å². The number of hydrogen-bond donors (Lipinski definition) is 2. The molecule has 2 aromatic rings. The third-order valence-corrected chi connectivity index (χ3v) is 8.28. The minimum Gasteiger partial charge on any atom is -0.465 e. The number of anilines is 1. The van der Waals surface area contributed by atoms with Crippen molar-refractivity contribution in [1.82, 2.24) is 10.2 Å². The fourth-order valence-electron chi connectivity index (χ4n) is 5.66. The number of urea groups is 1. The standard InChI is InChI=1S/C28H29Cl2F6N3O3/c1-26(2,3)23-22(14-4-7-19(29)20(30)10-14)21(8-9-38(23)25(41)42)37-24(40)39(17-5-6-17)18-12-15(27(31,32)33)11-16(13-18)28(34,35)36/h4,7,10-13,17,21-23H,5-6,8-9H2,1-3H3,(H,37,40)(H,41,42)/t21-,22-,23?/m1/s1. The van der Waals surface area contributed by atoms with Crippen molar-refractivity contribution >= 4 is 41.0 Å². The Kier molecular flexibility index (Phi) is 8.65. The van der Waals surface area contributed by atoms with Crippen molar-refractivity contribution in [2.24, 2.45) is 5.41 Å². The van der Waals surface area contributed by atoms with Gasteiger partial charge in [0.2, 0.25) is 0 Å². The Hall–Kier alpha value is -2.86. The lowest BCUT2D eigenvalue weighted by atomic mass is 9.69. The van der Waals surface area contributed by atoms with Gasteiger partial charge in [-0.05, 0) is 60.6 Å². The van der Waals surface area contributed by atoms with E-state index in [0.29, 0.717) is 30.5 Å². The highest BCUT2D eigenvalue weighted by Crippen LogP contribution is 2.44. The summed E-state index contributed by atoms with van der Waals surface area (Å²) >= 11 is 12.4. The number of carbonyl (C=O) groups is 2. The minimum atomic E-state index is -5.08. The number of piperidine rings is 1. The van der Waals surface area contributed by atoms with Crippen LogP contribution in [0.25, 0.3) is 0 Å². The first-order chi connectivity index (χ1) is 19.3. The Morgan fingerprint density at radius 1 is 0.905 bits per heavy atom. The van der Waals surface area contributed by atoms with Crippen LogP contribution in [0, 0.1) is 5.41 Å². The largest absolute Gasteiger partial charge is 0.465 e. The van der Waals surface area contributed by atoms with E-state index in [4.69, 9.17) is 23.2 Å². The first kappa shape index (κ1) is 32.1. The van der Waals surface area contributed by atoms with Gasteiger partial charge in [0.05, 0.1) is 21.2 Å². The second-order valence-electron chi connectivity index (χ2n) is 11.7. The number of nitrogens with one attached hydrogen (secondary N) is 1. The molecule has 0 aromatic heterocycles. The van der Waals surface area contributed by atoms with Crippen LogP contribution in [-0.4, -0.2) is 46.8 Å². The Bertz CT molecular complexity index is 1330. The number of likely N-dealkylation sites (tertiary alicyclic amines) is 1. The summed E-state index contributed by atoms with van der Waals surface area (Å²) in [5, 5.41) is 13.3. The summed E-state index contributed by atoms with van der Waals surface area (Å²) in [6, 6.07) is 2.94. The van der Waals surface area contributed by atoms with Gasteiger partial charge in [-0.25, -0.2) is 9.59 Å². The number of carbonyl (C=O) groups excluding carboxylic acids is 1. The molecule has 6 nitrogen and oxygen atoms in total. The molecular formula is C28H29Cl2F6N3O3. The Morgan fingerprint density at radius 3 is 1.93 bits per heavy atom. The second kappa shape index (κ2) is 11.3. The fraction of sp³-hybridized carbons (Fsp3) is 0.500. The van der Waals surface area contributed by atoms with Gasteiger partial charge in [-0.3, -0.25) is 4.90 Å². The van der Waals surface area contributed by atoms with Crippen molar-refractivity contribution < 1.29 is 41.0 Å². The summed E-state index contributed by atoms with van der Waals surface area (Å²) in [6.45, 7) is 5.53. The molecule has 3 atom stereocenters. The zero-order valence-electron chi connectivity index (χ0n) is 22.8. The molecule has 2 aromatic carbocycles. The van der Waals surface area contributed by atoms with Gasteiger partial charge < -0.3 is 15.3 Å². The topological polar surface area (TPSA) is 72.9 Å². The summed E-state index contributed by atoms with van der Waals surface area (Å²) in [4.78, 5) is 28.2. The van der Waals surface area contributed by atoms with Crippen molar-refractivity contribution in [3.63, 3.8) is 0 Å². The molecule has 0 radical (unpaired) electrons. The quantitative estimate of drug-likeness (QED) is 0.329. The van der Waals surface area contributed by atoms with E-state index >= 15 is 0 Å². The van der Waals surface area contributed by atoms with Crippen molar-refractivity contribution in [2.75, 3.05) is 11.4 Å². The van der Waals surface area contributed by atoms with Crippen LogP contribution in [0.5, 0.6) is 0 Å². The van der Waals surface area contributed by atoms with Crippen molar-refractivity contribution in [2.45, 2.75) is 76.4 Å². The zero-order valence-corrected chi connectivity index (χ0v) is 24.3. The first-order valence-corrected chi connectivity index (χ1v) is 13.9.